The molecule has 1 amide bonds. The molecule has 0 N–H and O–H groups in total. The third kappa shape index (κ3) is 37.2. The van der Waals surface area contributed by atoms with Gasteiger partial charge in [0.2, 0.25) is 0 Å². The molecule has 0 fully saturated rings. The van der Waals surface area contributed by atoms with Gasteiger partial charge in [-0.3, -0.25) is 14.4 Å². The van der Waals surface area contributed by atoms with Gasteiger partial charge in [0.25, 0.3) is 5.91 Å². The first-order valence-corrected chi connectivity index (χ1v) is 23.1. The summed E-state index contributed by atoms with van der Waals surface area (Å²) in [4.78, 5) is 39.5. The summed E-state index contributed by atoms with van der Waals surface area (Å²) in [5, 5.41) is 0. The minimum absolute atomic E-state index is 0.0373. The molecule has 0 aromatic heterocycles. The summed E-state index contributed by atoms with van der Waals surface area (Å²) >= 11 is 0. The monoisotopic (exact) mass is 778 g/mol. The highest BCUT2D eigenvalue weighted by molar-refractivity contribution is 5.81. The summed E-state index contributed by atoms with van der Waals surface area (Å²) in [5.41, 5.74) is 0. The number of hydrogen-bond donors (Lipinski definition) is 0. The molecule has 1 atom stereocenters. The van der Waals surface area contributed by atoms with Gasteiger partial charge in [-0.1, -0.05) is 154 Å². The van der Waals surface area contributed by atoms with Crippen LogP contribution in [0.4, 0.5) is 0 Å². The van der Waals surface area contributed by atoms with Crippen LogP contribution in [0.5, 0.6) is 0 Å². The van der Waals surface area contributed by atoms with E-state index in [1.165, 1.54) is 77.0 Å². The zero-order chi connectivity index (χ0) is 40.3. The first-order chi connectivity index (χ1) is 27.0. The van der Waals surface area contributed by atoms with Crippen molar-refractivity contribution in [1.82, 2.24) is 4.90 Å². The number of allylic oxidation sites excluding steroid dienone is 2. The molecular weight excluding hydrogens is 691 g/mol. The van der Waals surface area contributed by atoms with Crippen LogP contribution in [0, 0.1) is 0 Å². The van der Waals surface area contributed by atoms with Crippen LogP contribution in [0.3, 0.4) is 0 Å². The van der Waals surface area contributed by atoms with Gasteiger partial charge in [-0.25, -0.2) is 0 Å². The topological polar surface area (TPSA) is 91.4 Å². The highest BCUT2D eigenvalue weighted by Crippen LogP contribution is 2.12. The van der Waals surface area contributed by atoms with Gasteiger partial charge in [0, 0.05) is 39.1 Å². The highest BCUT2D eigenvalue weighted by Gasteiger charge is 2.24. The molecule has 8 heteroatoms. The molecule has 0 aliphatic heterocycles. The molecule has 0 aromatic carbocycles. The van der Waals surface area contributed by atoms with E-state index in [2.05, 4.69) is 32.9 Å². The Labute approximate surface area is 339 Å². The molecule has 322 valence electrons. The molecule has 0 bridgehead atoms. The highest BCUT2D eigenvalue weighted by atomic mass is 16.5. The third-order valence-electron chi connectivity index (χ3n) is 10.00. The minimum atomic E-state index is -0.581. The molecule has 0 rings (SSSR count). The predicted octanol–water partition coefficient (Wildman–Crippen LogP) is 12.4. The summed E-state index contributed by atoms with van der Waals surface area (Å²) in [7, 11) is 0. The fourth-order valence-electron chi connectivity index (χ4n) is 6.40. The SMILES string of the molecule is CCCCCC/C=C\COC(=O)CCCCCCCOCC(OCCCCCCCC(=O)OC/C=C\CCCCCC)C(=O)N(CC)CCCCCCCC. The summed E-state index contributed by atoms with van der Waals surface area (Å²) in [6.45, 7) is 12.3. The van der Waals surface area contributed by atoms with Crippen LogP contribution in [-0.4, -0.2) is 75.0 Å². The molecule has 1 unspecified atom stereocenters. The van der Waals surface area contributed by atoms with Gasteiger partial charge in [-0.2, -0.15) is 0 Å². The first-order valence-electron chi connectivity index (χ1n) is 23.1. The minimum Gasteiger partial charge on any atom is -0.461 e. The number of ether oxygens (including phenoxy) is 4. The van der Waals surface area contributed by atoms with E-state index >= 15 is 0 Å². The quantitative estimate of drug-likeness (QED) is 0.0346. The van der Waals surface area contributed by atoms with Crippen molar-refractivity contribution in [3.8, 4) is 0 Å². The summed E-state index contributed by atoms with van der Waals surface area (Å²) in [6, 6.07) is 0. The van der Waals surface area contributed by atoms with Crippen molar-refractivity contribution in [2.24, 2.45) is 0 Å². The third-order valence-corrected chi connectivity index (χ3v) is 10.00. The van der Waals surface area contributed by atoms with Gasteiger partial charge in [0.1, 0.15) is 13.2 Å². The Bertz CT molecular complexity index is 921. The average Bonchev–Trinajstić information content (AvgIpc) is 3.18. The second kappa shape index (κ2) is 42.9. The maximum Gasteiger partial charge on any atom is 0.306 e. The molecule has 0 radical (unpaired) electrons. The molecule has 8 nitrogen and oxygen atoms in total. The Morgan fingerprint density at radius 3 is 1.44 bits per heavy atom. The van der Waals surface area contributed by atoms with Crippen molar-refractivity contribution in [2.75, 3.05) is 46.1 Å². The van der Waals surface area contributed by atoms with Gasteiger partial charge < -0.3 is 23.8 Å². The lowest BCUT2D eigenvalue weighted by molar-refractivity contribution is -0.148. The van der Waals surface area contributed by atoms with Crippen LogP contribution in [0.1, 0.15) is 207 Å². The summed E-state index contributed by atoms with van der Waals surface area (Å²) < 4.78 is 22.8. The zero-order valence-corrected chi connectivity index (χ0v) is 36.4. The molecule has 0 spiro atoms. The number of amides is 1. The van der Waals surface area contributed by atoms with E-state index in [-0.39, 0.29) is 24.5 Å². The van der Waals surface area contributed by atoms with E-state index in [9.17, 15) is 14.4 Å². The van der Waals surface area contributed by atoms with Crippen molar-refractivity contribution >= 4 is 17.8 Å². The maximum atomic E-state index is 13.5. The Kier molecular flexibility index (Phi) is 41.2. The molecular formula is C47H87NO7. The van der Waals surface area contributed by atoms with Crippen LogP contribution in [0.15, 0.2) is 24.3 Å². The van der Waals surface area contributed by atoms with Gasteiger partial charge in [-0.15, -0.1) is 0 Å². The molecule has 0 aromatic rings. The normalized spacial score (nSPS) is 12.1. The zero-order valence-electron chi connectivity index (χ0n) is 36.4. The van der Waals surface area contributed by atoms with Crippen LogP contribution >= 0.6 is 0 Å². The van der Waals surface area contributed by atoms with Crippen LogP contribution < -0.4 is 0 Å². The van der Waals surface area contributed by atoms with Crippen molar-refractivity contribution in [3.63, 3.8) is 0 Å². The smallest absolute Gasteiger partial charge is 0.306 e. The average molecular weight is 778 g/mol. The van der Waals surface area contributed by atoms with Crippen LogP contribution in [0.2, 0.25) is 0 Å². The molecule has 0 aliphatic rings. The fraction of sp³-hybridized carbons (Fsp3) is 0.851. The second-order valence-electron chi connectivity index (χ2n) is 15.2. The van der Waals surface area contributed by atoms with E-state index in [1.54, 1.807) is 0 Å². The van der Waals surface area contributed by atoms with Crippen molar-refractivity contribution in [2.45, 2.75) is 214 Å². The number of rotatable bonds is 42. The lowest BCUT2D eigenvalue weighted by Crippen LogP contribution is -2.43. The maximum absolute atomic E-state index is 13.5. The summed E-state index contributed by atoms with van der Waals surface area (Å²) in [5.74, 6) is -0.197. The van der Waals surface area contributed by atoms with Gasteiger partial charge in [0.05, 0.1) is 6.61 Å². The molecule has 55 heavy (non-hydrogen) atoms. The van der Waals surface area contributed by atoms with Gasteiger partial charge >= 0.3 is 11.9 Å². The standard InChI is InChI=1S/C47H87NO7/c1-5-9-12-15-18-26-34-41-54-45(49)36-29-22-20-25-32-39-52-43-44(47(51)48(8-4)38-31-24-17-14-11-7-3)53-40-33-28-21-23-30-37-46(50)55-42-35-27-19-16-13-10-6-2/h26-27,34-35,44H,5-25,28-33,36-43H2,1-4H3/b34-26-,35-27-. The van der Waals surface area contributed by atoms with E-state index < -0.39 is 6.10 Å². The second-order valence-corrected chi connectivity index (χ2v) is 15.2. The number of carbonyl (C=O) groups is 3. The lowest BCUT2D eigenvalue weighted by atomic mass is 10.1. The van der Waals surface area contributed by atoms with E-state index in [0.29, 0.717) is 45.8 Å². The molecule has 0 saturated carbocycles. The summed E-state index contributed by atoms with van der Waals surface area (Å²) in [6.07, 6.45) is 37.4. The Morgan fingerprint density at radius 1 is 0.491 bits per heavy atom. The number of likely N-dealkylation sites (N-methyl/N-ethyl adjacent to an activating group) is 1. The molecule has 0 saturated heterocycles. The number of esters is 2. The Morgan fingerprint density at radius 2 is 0.927 bits per heavy atom. The largest absolute Gasteiger partial charge is 0.461 e. The van der Waals surface area contributed by atoms with E-state index in [0.717, 1.165) is 96.4 Å². The van der Waals surface area contributed by atoms with Crippen molar-refractivity contribution in [3.05, 3.63) is 24.3 Å². The number of carbonyl (C=O) groups excluding carboxylic acids is 3. The Hall–Kier alpha value is -2.19. The van der Waals surface area contributed by atoms with Crippen LogP contribution in [-0.2, 0) is 33.3 Å². The fourth-order valence-corrected chi connectivity index (χ4v) is 6.40. The van der Waals surface area contributed by atoms with Crippen molar-refractivity contribution < 1.29 is 33.3 Å². The first kappa shape index (κ1) is 52.8. The number of hydrogen-bond acceptors (Lipinski definition) is 7. The molecule has 0 heterocycles. The van der Waals surface area contributed by atoms with Crippen molar-refractivity contribution in [1.29, 1.82) is 0 Å². The number of unbranched alkanes of at least 4 members (excludes halogenated alkanes) is 21. The van der Waals surface area contributed by atoms with Gasteiger partial charge in [-0.05, 0) is 64.7 Å². The van der Waals surface area contributed by atoms with Crippen LogP contribution in [0.25, 0.3) is 0 Å². The van der Waals surface area contributed by atoms with E-state index in [1.807, 2.05) is 24.0 Å². The Balaban J connectivity index is 4.35. The number of nitrogens with zero attached hydrogens (tertiary/aromatic N) is 1. The lowest BCUT2D eigenvalue weighted by Gasteiger charge is -2.26. The predicted molar refractivity (Wildman–Crippen MR) is 229 cm³/mol. The van der Waals surface area contributed by atoms with Gasteiger partial charge in [0.15, 0.2) is 6.10 Å². The van der Waals surface area contributed by atoms with E-state index in [4.69, 9.17) is 18.9 Å². The molecule has 0 aliphatic carbocycles.